The number of sulfonamides is 1. The number of nitrogens with two attached hydrogens (primary N) is 1. The number of aromatic nitrogens is 4. The first-order valence-corrected chi connectivity index (χ1v) is 10.3. The third-order valence-corrected chi connectivity index (χ3v) is 6.37. The van der Waals surface area contributed by atoms with Crippen molar-refractivity contribution in [3.63, 3.8) is 0 Å². The molecule has 0 bridgehead atoms. The van der Waals surface area contributed by atoms with Crippen LogP contribution in [0.3, 0.4) is 0 Å². The second-order valence-electron chi connectivity index (χ2n) is 6.75. The normalized spacial score (nSPS) is 16.0. The number of nitrogens with zero attached hydrogens (tertiary/aromatic N) is 5. The van der Waals surface area contributed by atoms with Crippen LogP contribution in [-0.4, -0.2) is 47.3 Å². The smallest absolute Gasteiger partial charge is 0.240 e. The SMILES string of the molecule is Cn1ncc2c(N)nc(N3CCC(NS(=O)(=O)c4ccc(F)cc4)CC3)nc21. The van der Waals surface area contributed by atoms with Gasteiger partial charge in [0.25, 0.3) is 0 Å². The Kier molecular flexibility index (Phi) is 4.63. The molecule has 1 saturated heterocycles. The minimum absolute atomic E-state index is 0.0501. The van der Waals surface area contributed by atoms with Crippen LogP contribution in [0.25, 0.3) is 11.0 Å². The molecule has 0 spiro atoms. The van der Waals surface area contributed by atoms with Crippen molar-refractivity contribution in [2.45, 2.75) is 23.8 Å². The van der Waals surface area contributed by atoms with Gasteiger partial charge in [0, 0.05) is 26.2 Å². The highest BCUT2D eigenvalue weighted by Gasteiger charge is 2.26. The molecule has 2 aromatic heterocycles. The Labute approximate surface area is 161 Å². The summed E-state index contributed by atoms with van der Waals surface area (Å²) in [6.45, 7) is 1.17. The molecule has 0 aliphatic carbocycles. The maximum atomic E-state index is 13.0. The largest absolute Gasteiger partial charge is 0.383 e. The summed E-state index contributed by atoms with van der Waals surface area (Å²) in [5, 5.41) is 4.85. The fourth-order valence-corrected chi connectivity index (χ4v) is 4.58. The molecule has 3 aromatic rings. The lowest BCUT2D eigenvalue weighted by Crippen LogP contribution is -2.45. The molecule has 9 nitrogen and oxygen atoms in total. The van der Waals surface area contributed by atoms with E-state index in [4.69, 9.17) is 5.73 Å². The lowest BCUT2D eigenvalue weighted by atomic mass is 10.1. The minimum atomic E-state index is -3.69. The van der Waals surface area contributed by atoms with E-state index in [1.807, 2.05) is 4.90 Å². The zero-order valence-electron chi connectivity index (χ0n) is 15.2. The average molecular weight is 405 g/mol. The number of hydrogen-bond acceptors (Lipinski definition) is 7. The van der Waals surface area contributed by atoms with E-state index in [1.165, 1.54) is 12.1 Å². The molecule has 0 saturated carbocycles. The summed E-state index contributed by atoms with van der Waals surface area (Å²) < 4.78 is 42.3. The molecule has 0 unspecified atom stereocenters. The van der Waals surface area contributed by atoms with Crippen LogP contribution in [-0.2, 0) is 17.1 Å². The number of halogens is 1. The van der Waals surface area contributed by atoms with E-state index in [1.54, 1.807) is 17.9 Å². The molecule has 3 N–H and O–H groups in total. The third kappa shape index (κ3) is 3.50. The molecule has 1 aliphatic heterocycles. The number of anilines is 2. The van der Waals surface area contributed by atoms with Crippen LogP contribution in [0.4, 0.5) is 16.2 Å². The summed E-state index contributed by atoms with van der Waals surface area (Å²) in [7, 11) is -1.90. The molecular weight excluding hydrogens is 385 g/mol. The van der Waals surface area contributed by atoms with Gasteiger partial charge in [0.2, 0.25) is 16.0 Å². The highest BCUT2D eigenvalue weighted by molar-refractivity contribution is 7.89. The predicted molar refractivity (Wildman–Crippen MR) is 103 cm³/mol. The van der Waals surface area contributed by atoms with Crippen LogP contribution in [0.15, 0.2) is 35.4 Å². The second kappa shape index (κ2) is 6.99. The first kappa shape index (κ1) is 18.6. The Morgan fingerprint density at radius 3 is 2.54 bits per heavy atom. The van der Waals surface area contributed by atoms with Gasteiger partial charge in [-0.3, -0.25) is 4.68 Å². The van der Waals surface area contributed by atoms with E-state index >= 15 is 0 Å². The standard InChI is InChI=1S/C17H20FN7O2S/c1-24-16-14(10-20-24)15(19)21-17(22-16)25-8-6-12(7-9-25)23-28(26,27)13-4-2-11(18)3-5-13/h2-5,10,12,23H,6-9H2,1H3,(H2,19,21,22). The molecule has 0 atom stereocenters. The summed E-state index contributed by atoms with van der Waals surface area (Å²) in [6.07, 6.45) is 2.81. The van der Waals surface area contributed by atoms with Gasteiger partial charge in [0.05, 0.1) is 16.5 Å². The Morgan fingerprint density at radius 2 is 1.86 bits per heavy atom. The molecule has 148 valence electrons. The van der Waals surface area contributed by atoms with Gasteiger partial charge in [-0.2, -0.15) is 15.1 Å². The average Bonchev–Trinajstić information content (AvgIpc) is 3.04. The van der Waals surface area contributed by atoms with Crippen LogP contribution >= 0.6 is 0 Å². The highest BCUT2D eigenvalue weighted by atomic mass is 32.2. The highest BCUT2D eigenvalue weighted by Crippen LogP contribution is 2.23. The van der Waals surface area contributed by atoms with Crippen LogP contribution in [0.5, 0.6) is 0 Å². The molecule has 4 rings (SSSR count). The maximum absolute atomic E-state index is 13.0. The van der Waals surface area contributed by atoms with Crippen molar-refractivity contribution < 1.29 is 12.8 Å². The van der Waals surface area contributed by atoms with Crippen LogP contribution in [0.1, 0.15) is 12.8 Å². The molecule has 1 fully saturated rings. The monoisotopic (exact) mass is 405 g/mol. The van der Waals surface area contributed by atoms with Gasteiger partial charge in [-0.1, -0.05) is 0 Å². The zero-order chi connectivity index (χ0) is 19.9. The number of benzene rings is 1. The van der Waals surface area contributed by atoms with E-state index in [-0.39, 0.29) is 10.9 Å². The van der Waals surface area contributed by atoms with Gasteiger partial charge in [0.15, 0.2) is 5.65 Å². The van der Waals surface area contributed by atoms with Crippen molar-refractivity contribution in [3.05, 3.63) is 36.3 Å². The van der Waals surface area contributed by atoms with Gasteiger partial charge in [-0.05, 0) is 37.1 Å². The summed E-state index contributed by atoms with van der Waals surface area (Å²) >= 11 is 0. The number of nitrogen functional groups attached to an aromatic ring is 1. The van der Waals surface area contributed by atoms with E-state index < -0.39 is 15.8 Å². The van der Waals surface area contributed by atoms with Crippen LogP contribution in [0.2, 0.25) is 0 Å². The summed E-state index contributed by atoms with van der Waals surface area (Å²) in [6, 6.07) is 4.56. The van der Waals surface area contributed by atoms with E-state index in [9.17, 15) is 12.8 Å². The molecule has 28 heavy (non-hydrogen) atoms. The quantitative estimate of drug-likeness (QED) is 0.665. The molecule has 1 aliphatic rings. The Morgan fingerprint density at radius 1 is 1.18 bits per heavy atom. The Bertz CT molecular complexity index is 1110. The number of fused-ring (bicyclic) bond motifs is 1. The zero-order valence-corrected chi connectivity index (χ0v) is 16.0. The first-order chi connectivity index (χ1) is 13.3. The number of rotatable bonds is 4. The first-order valence-electron chi connectivity index (χ1n) is 8.81. The van der Waals surface area contributed by atoms with Crippen LogP contribution < -0.4 is 15.4 Å². The topological polar surface area (TPSA) is 119 Å². The van der Waals surface area contributed by atoms with Crippen molar-refractivity contribution in [2.75, 3.05) is 23.7 Å². The number of aryl methyl sites for hydroxylation is 1. The predicted octanol–water partition coefficient (Wildman–Crippen LogP) is 1.03. The lowest BCUT2D eigenvalue weighted by molar-refractivity contribution is 0.456. The van der Waals surface area contributed by atoms with E-state index in [0.717, 1.165) is 12.1 Å². The Balaban J connectivity index is 1.45. The number of hydrogen-bond donors (Lipinski definition) is 2. The third-order valence-electron chi connectivity index (χ3n) is 4.83. The van der Waals surface area contributed by atoms with Crippen molar-refractivity contribution in [3.8, 4) is 0 Å². The fourth-order valence-electron chi connectivity index (χ4n) is 3.27. The van der Waals surface area contributed by atoms with Crippen molar-refractivity contribution in [1.29, 1.82) is 0 Å². The van der Waals surface area contributed by atoms with E-state index in [2.05, 4.69) is 19.8 Å². The number of nitrogens with one attached hydrogen (secondary N) is 1. The molecule has 1 aromatic carbocycles. The summed E-state index contributed by atoms with van der Waals surface area (Å²) in [4.78, 5) is 10.9. The Hall–Kier alpha value is -2.79. The van der Waals surface area contributed by atoms with Crippen molar-refractivity contribution in [2.24, 2.45) is 7.05 Å². The molecule has 0 radical (unpaired) electrons. The molecule has 11 heteroatoms. The van der Waals surface area contributed by atoms with Gasteiger partial charge >= 0.3 is 0 Å². The second-order valence-corrected chi connectivity index (χ2v) is 8.46. The van der Waals surface area contributed by atoms with Gasteiger partial charge in [0.1, 0.15) is 11.6 Å². The van der Waals surface area contributed by atoms with Crippen molar-refractivity contribution >= 4 is 32.8 Å². The number of piperidine rings is 1. The van der Waals surface area contributed by atoms with Gasteiger partial charge in [-0.25, -0.2) is 17.5 Å². The molecular formula is C17H20FN7O2S. The molecule has 3 heterocycles. The summed E-state index contributed by atoms with van der Waals surface area (Å²) in [5.41, 5.74) is 6.67. The van der Waals surface area contributed by atoms with Crippen LogP contribution in [0, 0.1) is 5.82 Å². The van der Waals surface area contributed by atoms with Crippen molar-refractivity contribution in [1.82, 2.24) is 24.5 Å². The lowest BCUT2D eigenvalue weighted by Gasteiger charge is -2.32. The molecule has 0 amide bonds. The van der Waals surface area contributed by atoms with Gasteiger partial charge < -0.3 is 10.6 Å². The fraction of sp³-hybridized carbons (Fsp3) is 0.353. The summed E-state index contributed by atoms with van der Waals surface area (Å²) in [5.74, 6) is 0.401. The van der Waals surface area contributed by atoms with E-state index in [0.29, 0.717) is 48.7 Å². The van der Waals surface area contributed by atoms with Gasteiger partial charge in [-0.15, -0.1) is 0 Å². The maximum Gasteiger partial charge on any atom is 0.240 e. The minimum Gasteiger partial charge on any atom is -0.383 e.